The van der Waals surface area contributed by atoms with Gasteiger partial charge in [0.2, 0.25) is 6.04 Å². The fourth-order valence-electron chi connectivity index (χ4n) is 1.74. The zero-order chi connectivity index (χ0) is 9.68. The van der Waals surface area contributed by atoms with E-state index in [0.29, 0.717) is 0 Å². The van der Waals surface area contributed by atoms with Crippen LogP contribution < -0.4 is 0 Å². The van der Waals surface area contributed by atoms with E-state index in [-0.39, 0.29) is 11.0 Å². The van der Waals surface area contributed by atoms with Crippen LogP contribution in [-0.4, -0.2) is 35.5 Å². The highest BCUT2D eigenvalue weighted by Gasteiger charge is 2.26. The number of rotatable bonds is 4. The molecule has 0 aliphatic carbocycles. The van der Waals surface area contributed by atoms with E-state index in [0.717, 1.165) is 32.5 Å². The Morgan fingerprint density at radius 3 is 2.54 bits per heavy atom. The molecule has 1 saturated heterocycles. The summed E-state index contributed by atoms with van der Waals surface area (Å²) >= 11 is 0. The lowest BCUT2D eigenvalue weighted by atomic mass is 10.1. The second-order valence-electron chi connectivity index (χ2n) is 3.71. The van der Waals surface area contributed by atoms with Crippen molar-refractivity contribution < 1.29 is 4.92 Å². The smallest absolute Gasteiger partial charge is 0.215 e. The van der Waals surface area contributed by atoms with Gasteiger partial charge in [-0.2, -0.15) is 0 Å². The van der Waals surface area contributed by atoms with Crippen molar-refractivity contribution >= 4 is 0 Å². The van der Waals surface area contributed by atoms with Gasteiger partial charge < -0.3 is 4.90 Å². The minimum absolute atomic E-state index is 0.128. The summed E-state index contributed by atoms with van der Waals surface area (Å²) in [6, 6.07) is -0.280. The van der Waals surface area contributed by atoms with Crippen molar-refractivity contribution in [1.82, 2.24) is 4.90 Å². The van der Waals surface area contributed by atoms with Crippen molar-refractivity contribution in [3.8, 4) is 0 Å². The predicted octanol–water partition coefficient (Wildman–Crippen LogP) is 1.53. The molecular weight excluding hydrogens is 168 g/mol. The molecule has 0 bridgehead atoms. The van der Waals surface area contributed by atoms with E-state index in [1.165, 1.54) is 12.8 Å². The van der Waals surface area contributed by atoms with Crippen molar-refractivity contribution in [1.29, 1.82) is 0 Å². The summed E-state index contributed by atoms with van der Waals surface area (Å²) in [7, 11) is 0. The van der Waals surface area contributed by atoms with Crippen LogP contribution in [0.2, 0.25) is 0 Å². The largest absolute Gasteiger partial charge is 0.303 e. The molecule has 0 spiro atoms. The highest BCUT2D eigenvalue weighted by atomic mass is 16.6. The van der Waals surface area contributed by atoms with Crippen LogP contribution >= 0.6 is 0 Å². The highest BCUT2D eigenvalue weighted by molar-refractivity contribution is 4.71. The monoisotopic (exact) mass is 186 g/mol. The maximum atomic E-state index is 10.5. The minimum Gasteiger partial charge on any atom is -0.303 e. The van der Waals surface area contributed by atoms with Crippen molar-refractivity contribution in [2.24, 2.45) is 0 Å². The highest BCUT2D eigenvalue weighted by Crippen LogP contribution is 2.13. The Hall–Kier alpha value is -0.640. The number of nitro groups is 1. The molecule has 1 aliphatic rings. The molecule has 0 aromatic carbocycles. The van der Waals surface area contributed by atoms with E-state index >= 15 is 0 Å². The molecule has 0 radical (unpaired) electrons. The molecule has 1 aliphatic heterocycles. The van der Waals surface area contributed by atoms with E-state index in [9.17, 15) is 10.1 Å². The fourth-order valence-corrected chi connectivity index (χ4v) is 1.74. The zero-order valence-electron chi connectivity index (χ0n) is 8.24. The molecule has 0 amide bonds. The number of likely N-dealkylation sites (tertiary alicyclic amines) is 1. The van der Waals surface area contributed by atoms with E-state index in [2.05, 4.69) is 11.8 Å². The molecule has 1 heterocycles. The zero-order valence-corrected chi connectivity index (χ0v) is 8.24. The van der Waals surface area contributed by atoms with E-state index in [4.69, 9.17) is 0 Å². The van der Waals surface area contributed by atoms with Crippen LogP contribution in [0.25, 0.3) is 0 Å². The Labute approximate surface area is 79.1 Å². The summed E-state index contributed by atoms with van der Waals surface area (Å²) in [6.07, 6.45) is 3.88. The number of hydrogen-bond donors (Lipinski definition) is 0. The van der Waals surface area contributed by atoms with E-state index in [1.807, 2.05) is 0 Å². The van der Waals surface area contributed by atoms with Crippen molar-refractivity contribution in [2.45, 2.75) is 38.6 Å². The third-order valence-corrected chi connectivity index (χ3v) is 2.68. The molecule has 0 unspecified atom stereocenters. The number of unbranched alkanes of at least 4 members (excludes halogenated alkanes) is 1. The molecule has 4 nitrogen and oxygen atoms in total. The Morgan fingerprint density at radius 1 is 1.46 bits per heavy atom. The maximum absolute atomic E-state index is 10.5. The Balaban J connectivity index is 2.18. The maximum Gasteiger partial charge on any atom is 0.215 e. The molecule has 4 heteroatoms. The molecule has 0 N–H and O–H groups in total. The first-order valence-corrected chi connectivity index (χ1v) is 5.10. The number of piperidine rings is 1. The van der Waals surface area contributed by atoms with Crippen molar-refractivity contribution in [2.75, 3.05) is 19.6 Å². The summed E-state index contributed by atoms with van der Waals surface area (Å²) in [4.78, 5) is 12.7. The Kier molecular flexibility index (Phi) is 4.15. The first-order chi connectivity index (χ1) is 6.24. The third-order valence-electron chi connectivity index (χ3n) is 2.68. The standard InChI is InChI=1S/C9H18N2O2/c1-2-3-6-10-7-4-9(5-8-10)11(12)13/h9H,2-8H2,1H3. The van der Waals surface area contributed by atoms with Crippen LogP contribution in [0.15, 0.2) is 0 Å². The second-order valence-corrected chi connectivity index (χ2v) is 3.71. The molecule has 0 aromatic rings. The summed E-state index contributed by atoms with van der Waals surface area (Å²) < 4.78 is 0. The first-order valence-electron chi connectivity index (χ1n) is 5.10. The van der Waals surface area contributed by atoms with E-state index < -0.39 is 0 Å². The average Bonchev–Trinajstić information content (AvgIpc) is 2.15. The lowest BCUT2D eigenvalue weighted by molar-refractivity contribution is -0.526. The van der Waals surface area contributed by atoms with Gasteiger partial charge in [-0.3, -0.25) is 10.1 Å². The summed E-state index contributed by atoms with van der Waals surface area (Å²) in [6.45, 7) is 5.10. The van der Waals surface area contributed by atoms with Gasteiger partial charge >= 0.3 is 0 Å². The average molecular weight is 186 g/mol. The van der Waals surface area contributed by atoms with Crippen LogP contribution in [0.3, 0.4) is 0 Å². The van der Waals surface area contributed by atoms with Gasteiger partial charge in [0.05, 0.1) is 0 Å². The van der Waals surface area contributed by atoms with Crippen LogP contribution in [-0.2, 0) is 0 Å². The number of nitrogens with zero attached hydrogens (tertiary/aromatic N) is 2. The van der Waals surface area contributed by atoms with Gasteiger partial charge in [-0.25, -0.2) is 0 Å². The van der Waals surface area contributed by atoms with Crippen molar-refractivity contribution in [3.05, 3.63) is 10.1 Å². The summed E-state index contributed by atoms with van der Waals surface area (Å²) in [5, 5.41) is 10.5. The lowest BCUT2D eigenvalue weighted by Crippen LogP contribution is -2.39. The molecular formula is C9H18N2O2. The summed E-state index contributed by atoms with van der Waals surface area (Å²) in [5.74, 6) is 0. The van der Waals surface area contributed by atoms with Gasteiger partial charge in [-0.15, -0.1) is 0 Å². The van der Waals surface area contributed by atoms with Crippen molar-refractivity contribution in [3.63, 3.8) is 0 Å². The predicted molar refractivity (Wildman–Crippen MR) is 51.4 cm³/mol. The molecule has 76 valence electrons. The van der Waals surface area contributed by atoms with Gasteiger partial charge in [0.25, 0.3) is 0 Å². The third kappa shape index (κ3) is 3.30. The molecule has 13 heavy (non-hydrogen) atoms. The van der Waals surface area contributed by atoms with E-state index in [1.54, 1.807) is 0 Å². The van der Waals surface area contributed by atoms with Crippen LogP contribution in [0.1, 0.15) is 32.6 Å². The topological polar surface area (TPSA) is 46.4 Å². The molecule has 0 aromatic heterocycles. The van der Waals surface area contributed by atoms with Gasteiger partial charge in [0.15, 0.2) is 0 Å². The fraction of sp³-hybridized carbons (Fsp3) is 1.00. The summed E-state index contributed by atoms with van der Waals surface area (Å²) in [5.41, 5.74) is 0. The Morgan fingerprint density at radius 2 is 2.08 bits per heavy atom. The van der Waals surface area contributed by atoms with Crippen LogP contribution in [0, 0.1) is 10.1 Å². The quantitative estimate of drug-likeness (QED) is 0.494. The number of hydrogen-bond acceptors (Lipinski definition) is 3. The minimum atomic E-state index is -0.280. The first kappa shape index (κ1) is 10.4. The molecule has 1 rings (SSSR count). The van der Waals surface area contributed by atoms with Gasteiger partial charge in [0.1, 0.15) is 0 Å². The van der Waals surface area contributed by atoms with Gasteiger partial charge in [-0.05, 0) is 13.0 Å². The lowest BCUT2D eigenvalue weighted by Gasteiger charge is -2.27. The van der Waals surface area contributed by atoms with Crippen LogP contribution in [0.4, 0.5) is 0 Å². The molecule has 0 saturated carbocycles. The second kappa shape index (κ2) is 5.17. The molecule has 0 atom stereocenters. The Bertz CT molecular complexity index is 165. The van der Waals surface area contributed by atoms with Gasteiger partial charge in [-0.1, -0.05) is 13.3 Å². The van der Waals surface area contributed by atoms with Gasteiger partial charge in [0, 0.05) is 30.9 Å². The van der Waals surface area contributed by atoms with Crippen LogP contribution in [0.5, 0.6) is 0 Å². The normalized spacial score (nSPS) is 20.4. The SMILES string of the molecule is CCCCN1CCC([N+](=O)[O-])CC1. The molecule has 1 fully saturated rings.